The van der Waals surface area contributed by atoms with E-state index in [0.717, 1.165) is 15.7 Å². The van der Waals surface area contributed by atoms with Gasteiger partial charge in [0.1, 0.15) is 5.60 Å². The Morgan fingerprint density at radius 2 is 2.05 bits per heavy atom. The molecule has 1 heterocycles. The lowest BCUT2D eigenvalue weighted by molar-refractivity contribution is 0.0323. The Morgan fingerprint density at radius 1 is 1.32 bits per heavy atom. The Kier molecular flexibility index (Phi) is 4.74. The molecule has 19 heavy (non-hydrogen) atoms. The highest BCUT2D eigenvalue weighted by molar-refractivity contribution is 9.10. The highest BCUT2D eigenvalue weighted by atomic mass is 79.9. The van der Waals surface area contributed by atoms with E-state index in [0.29, 0.717) is 19.5 Å². The van der Waals surface area contributed by atoms with Gasteiger partial charge < -0.3 is 10.4 Å². The van der Waals surface area contributed by atoms with E-state index in [1.807, 2.05) is 37.3 Å². The van der Waals surface area contributed by atoms with Crippen LogP contribution in [0.5, 0.6) is 0 Å². The zero-order chi connectivity index (χ0) is 13.7. The molecule has 1 atom stereocenters. The molecule has 0 amide bonds. The predicted molar refractivity (Wildman–Crippen MR) is 78.6 cm³/mol. The van der Waals surface area contributed by atoms with E-state index >= 15 is 0 Å². The summed E-state index contributed by atoms with van der Waals surface area (Å²) in [4.78, 5) is 0. The molecule has 3 N–H and O–H groups in total. The minimum atomic E-state index is -0.847. The lowest BCUT2D eigenvalue weighted by Crippen LogP contribution is -2.37. The highest BCUT2D eigenvalue weighted by Crippen LogP contribution is 2.25. The van der Waals surface area contributed by atoms with Gasteiger partial charge in [0.25, 0.3) is 0 Å². The molecule has 4 nitrogen and oxygen atoms in total. The van der Waals surface area contributed by atoms with Gasteiger partial charge in [-0.05, 0) is 30.2 Å². The van der Waals surface area contributed by atoms with Crippen LogP contribution in [0.4, 0.5) is 0 Å². The number of hydrogen-bond acceptors (Lipinski definition) is 3. The molecule has 0 aliphatic rings. The van der Waals surface area contributed by atoms with Gasteiger partial charge in [-0.25, -0.2) is 0 Å². The smallest absolute Gasteiger partial charge is 0.102 e. The van der Waals surface area contributed by atoms with Gasteiger partial charge in [-0.2, -0.15) is 5.10 Å². The van der Waals surface area contributed by atoms with Crippen LogP contribution in [0, 0.1) is 0 Å². The molecule has 0 aliphatic heterocycles. The minimum absolute atomic E-state index is 0.504. The summed E-state index contributed by atoms with van der Waals surface area (Å²) >= 11 is 3.40. The van der Waals surface area contributed by atoms with E-state index in [1.165, 1.54) is 0 Å². The molecule has 2 aromatic rings. The number of rotatable bonds is 6. The Hall–Kier alpha value is -1.17. The van der Waals surface area contributed by atoms with Crippen molar-refractivity contribution in [2.45, 2.75) is 25.5 Å². The number of nitrogens with one attached hydrogen (secondary N) is 2. The maximum Gasteiger partial charge on any atom is 0.102 e. The fraction of sp³-hybridized carbons (Fsp3) is 0.357. The predicted octanol–water partition coefficient (Wildman–Crippen LogP) is 2.56. The number of benzene rings is 1. The van der Waals surface area contributed by atoms with Crippen LogP contribution in [-0.4, -0.2) is 21.8 Å². The standard InChI is InChI=1S/C14H18BrN3O/c1-2-14(19,11-3-5-12(15)6-4-11)10-16-9-13-7-8-17-18-13/h3-8,16,19H,2,9-10H2,1H3,(H,17,18)/t14-/m1/s1. The van der Waals surface area contributed by atoms with Crippen molar-refractivity contribution in [3.8, 4) is 0 Å². The van der Waals surface area contributed by atoms with Gasteiger partial charge in [0, 0.05) is 29.5 Å². The maximum absolute atomic E-state index is 10.7. The number of H-pyrrole nitrogens is 1. The maximum atomic E-state index is 10.7. The molecule has 2 rings (SSSR count). The van der Waals surface area contributed by atoms with Crippen LogP contribution in [0.25, 0.3) is 0 Å². The molecule has 0 unspecified atom stereocenters. The lowest BCUT2D eigenvalue weighted by Gasteiger charge is -2.27. The molecule has 0 saturated carbocycles. The summed E-state index contributed by atoms with van der Waals surface area (Å²) in [5.74, 6) is 0. The van der Waals surface area contributed by atoms with E-state index < -0.39 is 5.60 Å². The topological polar surface area (TPSA) is 60.9 Å². The fourth-order valence-corrected chi connectivity index (χ4v) is 2.24. The Bertz CT molecular complexity index is 498. The SMILES string of the molecule is CC[C@@](O)(CNCc1ccn[nH]1)c1ccc(Br)cc1. The molecular weight excluding hydrogens is 306 g/mol. The second-order valence-electron chi connectivity index (χ2n) is 4.58. The fourth-order valence-electron chi connectivity index (χ4n) is 1.98. The summed E-state index contributed by atoms with van der Waals surface area (Å²) in [5.41, 5.74) is 1.09. The Labute approximate surface area is 121 Å². The van der Waals surface area contributed by atoms with Crippen molar-refractivity contribution in [2.24, 2.45) is 0 Å². The van der Waals surface area contributed by atoms with Crippen LogP contribution >= 0.6 is 15.9 Å². The van der Waals surface area contributed by atoms with Crippen molar-refractivity contribution < 1.29 is 5.11 Å². The van der Waals surface area contributed by atoms with Crippen LogP contribution in [0.3, 0.4) is 0 Å². The van der Waals surface area contributed by atoms with Crippen LogP contribution in [0.15, 0.2) is 41.0 Å². The first kappa shape index (κ1) is 14.2. The Balaban J connectivity index is 1.99. The molecule has 102 valence electrons. The molecule has 5 heteroatoms. The normalized spacial score (nSPS) is 14.3. The largest absolute Gasteiger partial charge is 0.384 e. The van der Waals surface area contributed by atoms with Crippen LogP contribution < -0.4 is 5.32 Å². The van der Waals surface area contributed by atoms with Gasteiger partial charge in [0.05, 0.1) is 0 Å². The van der Waals surface area contributed by atoms with Gasteiger partial charge >= 0.3 is 0 Å². The van der Waals surface area contributed by atoms with Crippen molar-refractivity contribution in [3.63, 3.8) is 0 Å². The summed E-state index contributed by atoms with van der Waals surface area (Å²) in [5, 5.41) is 20.7. The monoisotopic (exact) mass is 323 g/mol. The molecule has 0 radical (unpaired) electrons. The third-order valence-electron chi connectivity index (χ3n) is 3.26. The lowest BCUT2D eigenvalue weighted by atomic mass is 9.91. The third kappa shape index (κ3) is 3.65. The van der Waals surface area contributed by atoms with Gasteiger partial charge in [0.2, 0.25) is 0 Å². The number of aromatic amines is 1. The Morgan fingerprint density at radius 3 is 2.63 bits per heavy atom. The molecule has 0 aliphatic carbocycles. The van der Waals surface area contributed by atoms with E-state index in [2.05, 4.69) is 31.4 Å². The van der Waals surface area contributed by atoms with E-state index in [1.54, 1.807) is 6.20 Å². The van der Waals surface area contributed by atoms with E-state index in [-0.39, 0.29) is 0 Å². The first-order valence-electron chi connectivity index (χ1n) is 6.31. The van der Waals surface area contributed by atoms with Gasteiger partial charge in [-0.3, -0.25) is 5.10 Å². The summed E-state index contributed by atoms with van der Waals surface area (Å²) in [6.07, 6.45) is 2.38. The average molecular weight is 324 g/mol. The molecule has 0 spiro atoms. The summed E-state index contributed by atoms with van der Waals surface area (Å²) < 4.78 is 1.01. The van der Waals surface area contributed by atoms with Crippen molar-refractivity contribution in [1.29, 1.82) is 0 Å². The van der Waals surface area contributed by atoms with Crippen LogP contribution in [0.2, 0.25) is 0 Å². The van der Waals surface area contributed by atoms with Crippen molar-refractivity contribution in [3.05, 3.63) is 52.3 Å². The number of aliphatic hydroxyl groups is 1. The number of nitrogens with zero attached hydrogens (tertiary/aromatic N) is 1. The minimum Gasteiger partial charge on any atom is -0.384 e. The van der Waals surface area contributed by atoms with Crippen LogP contribution in [-0.2, 0) is 12.1 Å². The molecule has 0 bridgehead atoms. The third-order valence-corrected chi connectivity index (χ3v) is 3.79. The number of hydrogen-bond donors (Lipinski definition) is 3. The van der Waals surface area contributed by atoms with Gasteiger partial charge in [0.15, 0.2) is 0 Å². The van der Waals surface area contributed by atoms with Crippen LogP contribution in [0.1, 0.15) is 24.6 Å². The van der Waals surface area contributed by atoms with E-state index in [4.69, 9.17) is 0 Å². The van der Waals surface area contributed by atoms with E-state index in [9.17, 15) is 5.11 Å². The molecule has 0 saturated heterocycles. The number of aromatic nitrogens is 2. The number of halogens is 1. The zero-order valence-electron chi connectivity index (χ0n) is 10.9. The first-order chi connectivity index (χ1) is 9.14. The second kappa shape index (κ2) is 6.32. The summed E-state index contributed by atoms with van der Waals surface area (Å²) in [7, 11) is 0. The average Bonchev–Trinajstić information content (AvgIpc) is 2.92. The quantitative estimate of drug-likeness (QED) is 0.765. The molecule has 1 aromatic heterocycles. The second-order valence-corrected chi connectivity index (χ2v) is 5.49. The van der Waals surface area contributed by atoms with Gasteiger partial charge in [-0.15, -0.1) is 0 Å². The van der Waals surface area contributed by atoms with Crippen molar-refractivity contribution in [2.75, 3.05) is 6.54 Å². The summed E-state index contributed by atoms with van der Waals surface area (Å²) in [6, 6.07) is 9.71. The zero-order valence-corrected chi connectivity index (χ0v) is 12.4. The molecular formula is C14H18BrN3O. The van der Waals surface area contributed by atoms with Gasteiger partial charge in [-0.1, -0.05) is 35.0 Å². The summed E-state index contributed by atoms with van der Waals surface area (Å²) in [6.45, 7) is 3.16. The van der Waals surface area contributed by atoms with Crippen molar-refractivity contribution in [1.82, 2.24) is 15.5 Å². The molecule has 1 aromatic carbocycles. The first-order valence-corrected chi connectivity index (χ1v) is 7.11. The highest BCUT2D eigenvalue weighted by Gasteiger charge is 2.26. The van der Waals surface area contributed by atoms with Crippen molar-refractivity contribution >= 4 is 15.9 Å². The molecule has 0 fully saturated rings.